The minimum atomic E-state index is -0.259. The zero-order chi connectivity index (χ0) is 17.6. The van der Waals surface area contributed by atoms with E-state index in [0.717, 1.165) is 29.8 Å². The Bertz CT molecular complexity index is 631. The molecule has 3 heterocycles. The third-order valence-corrected chi connectivity index (χ3v) is 5.51. The maximum atomic E-state index is 11.8. The van der Waals surface area contributed by atoms with E-state index in [4.69, 9.17) is 4.42 Å². The molecule has 1 N–H and O–H groups in total. The lowest BCUT2D eigenvalue weighted by Crippen LogP contribution is -2.38. The van der Waals surface area contributed by atoms with Gasteiger partial charge in [-0.1, -0.05) is 23.5 Å². The molecule has 2 aliphatic heterocycles. The van der Waals surface area contributed by atoms with Crippen LogP contribution in [0.25, 0.3) is 0 Å². The zero-order valence-electron chi connectivity index (χ0n) is 13.6. The van der Waals surface area contributed by atoms with E-state index in [1.807, 2.05) is 0 Å². The van der Waals surface area contributed by atoms with Crippen LogP contribution in [0.15, 0.2) is 9.64 Å². The Balaban J connectivity index is 1.34. The number of nitrogens with zero attached hydrogens (tertiary/aromatic N) is 4. The lowest BCUT2D eigenvalue weighted by molar-refractivity contribution is -0.125. The van der Waals surface area contributed by atoms with E-state index in [2.05, 4.69) is 20.4 Å². The van der Waals surface area contributed by atoms with Gasteiger partial charge in [0.25, 0.3) is 10.5 Å². The molecule has 0 radical (unpaired) electrons. The van der Waals surface area contributed by atoms with Crippen molar-refractivity contribution in [3.63, 3.8) is 0 Å². The number of amides is 3. The summed E-state index contributed by atoms with van der Waals surface area (Å²) in [5.41, 5.74) is 0. The number of hydrogen-bond donors (Lipinski definition) is 1. The SMILES string of the molecule is O=C(CSc1nnc(CN2CCCC2)o1)NCCN1C(=O)CSC1=O. The summed E-state index contributed by atoms with van der Waals surface area (Å²) < 4.78 is 5.53. The van der Waals surface area contributed by atoms with Crippen molar-refractivity contribution >= 4 is 40.6 Å². The molecule has 136 valence electrons. The largest absolute Gasteiger partial charge is 0.415 e. The number of carbonyl (C=O) groups is 3. The van der Waals surface area contributed by atoms with Gasteiger partial charge in [0.05, 0.1) is 18.1 Å². The average molecular weight is 385 g/mol. The number of carbonyl (C=O) groups excluding carboxylic acids is 3. The predicted molar refractivity (Wildman–Crippen MR) is 92.1 cm³/mol. The molecule has 0 atom stereocenters. The first-order chi connectivity index (χ1) is 12.1. The highest BCUT2D eigenvalue weighted by molar-refractivity contribution is 8.14. The summed E-state index contributed by atoms with van der Waals surface area (Å²) in [6.07, 6.45) is 2.40. The number of likely N-dealkylation sites (tertiary alicyclic amines) is 1. The van der Waals surface area contributed by atoms with E-state index in [-0.39, 0.29) is 41.6 Å². The summed E-state index contributed by atoms with van der Waals surface area (Å²) in [5, 5.41) is 10.7. The van der Waals surface area contributed by atoms with Crippen molar-refractivity contribution in [1.29, 1.82) is 0 Å². The third kappa shape index (κ3) is 5.19. The van der Waals surface area contributed by atoms with Crippen molar-refractivity contribution in [2.75, 3.05) is 37.7 Å². The molecule has 3 rings (SSSR count). The Labute approximate surface area is 153 Å². The van der Waals surface area contributed by atoms with Crippen LogP contribution in [0.4, 0.5) is 4.79 Å². The van der Waals surface area contributed by atoms with Gasteiger partial charge in [-0.25, -0.2) is 0 Å². The molecule has 25 heavy (non-hydrogen) atoms. The number of rotatable bonds is 8. The summed E-state index contributed by atoms with van der Waals surface area (Å²) in [6, 6.07) is 0. The number of hydrogen-bond acceptors (Lipinski definition) is 9. The highest BCUT2D eigenvalue weighted by atomic mass is 32.2. The second kappa shape index (κ2) is 8.68. The van der Waals surface area contributed by atoms with Crippen molar-refractivity contribution in [3.05, 3.63) is 5.89 Å². The Kier molecular flexibility index (Phi) is 6.32. The standard InChI is InChI=1S/C14H19N5O4S2/c20-10(15-3-6-19-12(21)9-25-14(19)22)8-24-13-17-16-11(23-13)7-18-4-1-2-5-18/h1-9H2,(H,15,20). The molecule has 9 nitrogen and oxygen atoms in total. The van der Waals surface area contributed by atoms with Crippen LogP contribution >= 0.6 is 23.5 Å². The van der Waals surface area contributed by atoms with Crippen LogP contribution in [0, 0.1) is 0 Å². The van der Waals surface area contributed by atoms with E-state index in [9.17, 15) is 14.4 Å². The Morgan fingerprint density at radius 3 is 2.80 bits per heavy atom. The summed E-state index contributed by atoms with van der Waals surface area (Å²) in [6.45, 7) is 3.18. The van der Waals surface area contributed by atoms with Gasteiger partial charge >= 0.3 is 0 Å². The van der Waals surface area contributed by atoms with Crippen LogP contribution in [0.3, 0.4) is 0 Å². The molecule has 0 spiro atoms. The summed E-state index contributed by atoms with van der Waals surface area (Å²) in [4.78, 5) is 38.1. The molecule has 0 saturated carbocycles. The minimum Gasteiger partial charge on any atom is -0.415 e. The van der Waals surface area contributed by atoms with E-state index < -0.39 is 0 Å². The topological polar surface area (TPSA) is 109 Å². The molecule has 2 saturated heterocycles. The van der Waals surface area contributed by atoms with E-state index >= 15 is 0 Å². The smallest absolute Gasteiger partial charge is 0.288 e. The molecule has 1 aromatic heterocycles. The van der Waals surface area contributed by atoms with Crippen molar-refractivity contribution in [2.24, 2.45) is 0 Å². The second-order valence-electron chi connectivity index (χ2n) is 5.68. The van der Waals surface area contributed by atoms with Gasteiger partial charge in [0.1, 0.15) is 0 Å². The van der Waals surface area contributed by atoms with Crippen LogP contribution in [0.5, 0.6) is 0 Å². The Morgan fingerprint density at radius 2 is 2.08 bits per heavy atom. The fourth-order valence-electron chi connectivity index (χ4n) is 2.58. The summed E-state index contributed by atoms with van der Waals surface area (Å²) in [5.74, 6) is 0.459. The molecule has 0 aromatic carbocycles. The number of imide groups is 1. The predicted octanol–water partition coefficient (Wildman–Crippen LogP) is 0.569. The molecule has 2 aliphatic rings. The molecular formula is C14H19N5O4S2. The lowest BCUT2D eigenvalue weighted by atomic mass is 10.4. The molecule has 2 fully saturated rings. The fourth-order valence-corrected chi connectivity index (χ4v) is 3.94. The third-order valence-electron chi connectivity index (χ3n) is 3.83. The number of nitrogens with one attached hydrogen (secondary N) is 1. The monoisotopic (exact) mass is 385 g/mol. The van der Waals surface area contributed by atoms with Crippen molar-refractivity contribution in [1.82, 2.24) is 25.3 Å². The van der Waals surface area contributed by atoms with Gasteiger partial charge in [-0.05, 0) is 25.9 Å². The Hall–Kier alpha value is -1.59. The van der Waals surface area contributed by atoms with Gasteiger partial charge in [0.15, 0.2) is 0 Å². The van der Waals surface area contributed by atoms with Gasteiger partial charge in [-0.15, -0.1) is 10.2 Å². The second-order valence-corrected chi connectivity index (χ2v) is 7.54. The lowest BCUT2D eigenvalue weighted by Gasteiger charge is -2.12. The quantitative estimate of drug-likeness (QED) is 0.642. The Morgan fingerprint density at radius 1 is 1.28 bits per heavy atom. The molecule has 0 unspecified atom stereocenters. The van der Waals surface area contributed by atoms with E-state index in [1.165, 1.54) is 24.6 Å². The first-order valence-corrected chi connectivity index (χ1v) is 10.0. The molecular weight excluding hydrogens is 366 g/mol. The van der Waals surface area contributed by atoms with Crippen molar-refractivity contribution in [2.45, 2.75) is 24.6 Å². The van der Waals surface area contributed by atoms with Crippen LogP contribution in [-0.4, -0.2) is 74.7 Å². The van der Waals surface area contributed by atoms with E-state index in [0.29, 0.717) is 17.7 Å². The van der Waals surface area contributed by atoms with Crippen molar-refractivity contribution < 1.29 is 18.8 Å². The van der Waals surface area contributed by atoms with Crippen LogP contribution in [-0.2, 0) is 16.1 Å². The summed E-state index contributed by atoms with van der Waals surface area (Å²) in [7, 11) is 0. The molecule has 3 amide bonds. The van der Waals surface area contributed by atoms with Gasteiger partial charge in [0, 0.05) is 13.1 Å². The number of aromatic nitrogens is 2. The highest BCUT2D eigenvalue weighted by Crippen LogP contribution is 2.19. The van der Waals surface area contributed by atoms with Crippen molar-refractivity contribution in [3.8, 4) is 0 Å². The zero-order valence-corrected chi connectivity index (χ0v) is 15.2. The van der Waals surface area contributed by atoms with Crippen LogP contribution in [0.2, 0.25) is 0 Å². The minimum absolute atomic E-state index is 0.141. The normalized spacial score (nSPS) is 18.3. The van der Waals surface area contributed by atoms with Crippen LogP contribution in [0.1, 0.15) is 18.7 Å². The molecule has 11 heteroatoms. The van der Waals surface area contributed by atoms with Gasteiger partial charge in [-0.2, -0.15) is 0 Å². The fraction of sp³-hybridized carbons (Fsp3) is 0.643. The maximum absolute atomic E-state index is 11.8. The number of thioether (sulfide) groups is 2. The maximum Gasteiger partial charge on any atom is 0.288 e. The molecule has 1 aromatic rings. The molecule has 0 bridgehead atoms. The van der Waals surface area contributed by atoms with E-state index in [1.54, 1.807) is 0 Å². The first-order valence-electron chi connectivity index (χ1n) is 8.03. The first kappa shape index (κ1) is 18.2. The van der Waals surface area contributed by atoms with Crippen LogP contribution < -0.4 is 5.32 Å². The highest BCUT2D eigenvalue weighted by Gasteiger charge is 2.29. The molecule has 0 aliphatic carbocycles. The van der Waals surface area contributed by atoms with Gasteiger partial charge in [-0.3, -0.25) is 24.2 Å². The van der Waals surface area contributed by atoms with Gasteiger partial charge in [0.2, 0.25) is 17.7 Å². The summed E-state index contributed by atoms with van der Waals surface area (Å²) >= 11 is 2.15. The van der Waals surface area contributed by atoms with Gasteiger partial charge < -0.3 is 9.73 Å². The average Bonchev–Trinajstić information content (AvgIpc) is 3.32.